The first-order valence-corrected chi connectivity index (χ1v) is 9.92. The fourth-order valence-electron chi connectivity index (χ4n) is 3.07. The molecule has 0 radical (unpaired) electrons. The average molecular weight is 350 g/mol. The van der Waals surface area contributed by atoms with Crippen molar-refractivity contribution in [2.24, 2.45) is 0 Å². The van der Waals surface area contributed by atoms with Crippen molar-refractivity contribution in [3.8, 4) is 0 Å². The van der Waals surface area contributed by atoms with E-state index in [1.54, 1.807) is 17.7 Å². The van der Waals surface area contributed by atoms with E-state index >= 15 is 0 Å². The maximum absolute atomic E-state index is 12.3. The molecule has 0 amide bonds. The zero-order valence-electron chi connectivity index (χ0n) is 12.7. The van der Waals surface area contributed by atoms with Gasteiger partial charge in [-0.15, -0.1) is 11.8 Å². The van der Waals surface area contributed by atoms with Crippen molar-refractivity contribution in [3.63, 3.8) is 0 Å². The third-order valence-corrected chi connectivity index (χ3v) is 6.51. The Bertz CT molecular complexity index is 888. The van der Waals surface area contributed by atoms with Crippen LogP contribution in [0.4, 0.5) is 5.69 Å². The van der Waals surface area contributed by atoms with Gasteiger partial charge in [0.1, 0.15) is 0 Å². The van der Waals surface area contributed by atoms with Crippen molar-refractivity contribution in [2.45, 2.75) is 13.0 Å². The number of nitrogens with one attached hydrogen (secondary N) is 2. The predicted molar refractivity (Wildman–Crippen MR) is 94.3 cm³/mol. The summed E-state index contributed by atoms with van der Waals surface area (Å²) in [5.74, 6) is 0.420. The maximum Gasteiger partial charge on any atom is 0.324 e. The van der Waals surface area contributed by atoms with E-state index < -0.39 is 10.2 Å². The summed E-state index contributed by atoms with van der Waals surface area (Å²) in [6, 6.07) is 5.68. The topological polar surface area (TPSA) is 68.4 Å². The van der Waals surface area contributed by atoms with Crippen LogP contribution in [0.2, 0.25) is 0 Å². The Morgan fingerprint density at radius 3 is 3.00 bits per heavy atom. The van der Waals surface area contributed by atoms with E-state index in [1.807, 2.05) is 12.1 Å². The molecular weight excluding hydrogens is 332 g/mol. The molecule has 0 aliphatic carbocycles. The SMILES string of the molecule is CN1CCc2c([nH]c3ccc(NS(=O)(=O)N4C=CSC4)cc23)C1. The number of fused-ring (bicyclic) bond motifs is 3. The molecule has 6 nitrogen and oxygen atoms in total. The van der Waals surface area contributed by atoms with Gasteiger partial charge < -0.3 is 9.88 Å². The molecule has 4 rings (SSSR count). The number of benzene rings is 1. The molecule has 2 aliphatic heterocycles. The largest absolute Gasteiger partial charge is 0.357 e. The van der Waals surface area contributed by atoms with Gasteiger partial charge in [0.15, 0.2) is 0 Å². The molecule has 2 aliphatic rings. The average Bonchev–Trinajstić information content (AvgIpc) is 3.13. The lowest BCUT2D eigenvalue weighted by atomic mass is 10.0. The fraction of sp³-hybridized carbons (Fsp3) is 0.333. The van der Waals surface area contributed by atoms with Crippen LogP contribution in [0.1, 0.15) is 11.3 Å². The molecule has 1 aromatic carbocycles. The summed E-state index contributed by atoms with van der Waals surface area (Å²) >= 11 is 1.46. The second-order valence-electron chi connectivity index (χ2n) is 5.91. The number of nitrogens with zero attached hydrogens (tertiary/aromatic N) is 2. The zero-order chi connectivity index (χ0) is 16.0. The van der Waals surface area contributed by atoms with Crippen LogP contribution in [-0.2, 0) is 23.2 Å². The van der Waals surface area contributed by atoms with Crippen LogP contribution in [-0.4, -0.2) is 42.1 Å². The number of aromatic nitrogens is 1. The van der Waals surface area contributed by atoms with Gasteiger partial charge in [-0.3, -0.25) is 4.72 Å². The van der Waals surface area contributed by atoms with Crippen LogP contribution >= 0.6 is 11.8 Å². The number of aromatic amines is 1. The lowest BCUT2D eigenvalue weighted by Crippen LogP contribution is -2.29. The van der Waals surface area contributed by atoms with Gasteiger partial charge in [0.05, 0.1) is 11.6 Å². The van der Waals surface area contributed by atoms with Crippen LogP contribution < -0.4 is 4.72 Å². The minimum Gasteiger partial charge on any atom is -0.357 e. The van der Waals surface area contributed by atoms with Gasteiger partial charge in [-0.2, -0.15) is 8.42 Å². The number of thioether (sulfide) groups is 1. The summed E-state index contributed by atoms with van der Waals surface area (Å²) in [5, 5.41) is 2.89. The highest BCUT2D eigenvalue weighted by atomic mass is 32.2. The molecule has 2 N–H and O–H groups in total. The lowest BCUT2D eigenvalue weighted by Gasteiger charge is -2.22. The van der Waals surface area contributed by atoms with E-state index in [2.05, 4.69) is 21.7 Å². The standard InChI is InChI=1S/C15H18N4O2S2/c1-18-5-4-12-13-8-11(2-3-14(13)16-15(12)9-18)17-23(20,21)19-6-7-22-10-19/h2-3,6-8,16-17H,4-5,9-10H2,1H3. The first kappa shape index (κ1) is 14.9. The van der Waals surface area contributed by atoms with Gasteiger partial charge in [0, 0.05) is 35.9 Å². The Kier molecular flexibility index (Phi) is 3.55. The highest BCUT2D eigenvalue weighted by Crippen LogP contribution is 2.30. The first-order chi connectivity index (χ1) is 11.0. The molecule has 0 fully saturated rings. The highest BCUT2D eigenvalue weighted by molar-refractivity contribution is 8.03. The van der Waals surface area contributed by atoms with Crippen molar-refractivity contribution in [1.29, 1.82) is 0 Å². The van der Waals surface area contributed by atoms with Crippen molar-refractivity contribution in [2.75, 3.05) is 24.2 Å². The third kappa shape index (κ3) is 2.71. The highest BCUT2D eigenvalue weighted by Gasteiger charge is 2.22. The van der Waals surface area contributed by atoms with E-state index in [-0.39, 0.29) is 0 Å². The Morgan fingerprint density at radius 1 is 1.35 bits per heavy atom. The second kappa shape index (κ2) is 5.47. The third-order valence-electron chi connectivity index (χ3n) is 4.25. The molecule has 0 saturated carbocycles. The summed E-state index contributed by atoms with van der Waals surface area (Å²) < 4.78 is 28.7. The van der Waals surface area contributed by atoms with Crippen molar-refractivity contribution in [3.05, 3.63) is 41.1 Å². The monoisotopic (exact) mass is 350 g/mol. The van der Waals surface area contributed by atoms with Crippen molar-refractivity contribution < 1.29 is 8.42 Å². The van der Waals surface area contributed by atoms with E-state index in [1.165, 1.54) is 27.3 Å². The van der Waals surface area contributed by atoms with Gasteiger partial charge in [-0.25, -0.2) is 4.31 Å². The number of rotatable bonds is 3. The van der Waals surface area contributed by atoms with Gasteiger partial charge in [0.2, 0.25) is 0 Å². The number of hydrogen-bond donors (Lipinski definition) is 2. The second-order valence-corrected chi connectivity index (χ2v) is 8.39. The molecule has 0 unspecified atom stereocenters. The normalized spacial score (nSPS) is 18.6. The molecule has 0 saturated heterocycles. The Balaban J connectivity index is 1.68. The van der Waals surface area contributed by atoms with Crippen LogP contribution in [0.25, 0.3) is 10.9 Å². The first-order valence-electron chi connectivity index (χ1n) is 7.43. The van der Waals surface area contributed by atoms with E-state index in [9.17, 15) is 8.42 Å². The molecule has 3 heterocycles. The zero-order valence-corrected chi connectivity index (χ0v) is 14.4. The minimum absolute atomic E-state index is 0.420. The summed E-state index contributed by atoms with van der Waals surface area (Å²) in [6.07, 6.45) is 2.56. The van der Waals surface area contributed by atoms with Gasteiger partial charge >= 0.3 is 10.2 Å². The van der Waals surface area contributed by atoms with Gasteiger partial charge in [0.25, 0.3) is 0 Å². The molecule has 0 atom stereocenters. The predicted octanol–water partition coefficient (Wildman–Crippen LogP) is 2.29. The fourth-order valence-corrected chi connectivity index (χ4v) is 5.20. The van der Waals surface area contributed by atoms with E-state index in [0.717, 1.165) is 30.4 Å². The van der Waals surface area contributed by atoms with Crippen LogP contribution in [0.15, 0.2) is 29.8 Å². The number of H-pyrrole nitrogens is 1. The summed E-state index contributed by atoms with van der Waals surface area (Å²) in [5.41, 5.74) is 4.19. The Labute approximate surface area is 139 Å². The number of hydrogen-bond acceptors (Lipinski definition) is 4. The van der Waals surface area contributed by atoms with E-state index in [4.69, 9.17) is 0 Å². The molecule has 0 spiro atoms. The Hall–Kier alpha value is -1.64. The minimum atomic E-state index is -3.54. The molecule has 2 aromatic rings. The van der Waals surface area contributed by atoms with Gasteiger partial charge in [-0.05, 0) is 42.6 Å². The molecule has 23 heavy (non-hydrogen) atoms. The van der Waals surface area contributed by atoms with Crippen molar-refractivity contribution in [1.82, 2.24) is 14.2 Å². The smallest absolute Gasteiger partial charge is 0.324 e. The molecule has 0 bridgehead atoms. The quantitative estimate of drug-likeness (QED) is 0.891. The molecular formula is C15H18N4O2S2. The number of likely N-dealkylation sites (N-methyl/N-ethyl adjacent to an activating group) is 1. The summed E-state index contributed by atoms with van der Waals surface area (Å²) in [6.45, 7) is 1.92. The maximum atomic E-state index is 12.3. The summed E-state index contributed by atoms with van der Waals surface area (Å²) in [4.78, 5) is 5.72. The molecule has 8 heteroatoms. The molecule has 1 aromatic heterocycles. The van der Waals surface area contributed by atoms with Crippen LogP contribution in [0, 0.1) is 0 Å². The van der Waals surface area contributed by atoms with Crippen molar-refractivity contribution >= 4 is 38.6 Å². The molecule has 122 valence electrons. The van der Waals surface area contributed by atoms with E-state index in [0.29, 0.717) is 11.6 Å². The van der Waals surface area contributed by atoms with Gasteiger partial charge in [-0.1, -0.05) is 0 Å². The Morgan fingerprint density at radius 2 is 2.22 bits per heavy atom. The van der Waals surface area contributed by atoms with Crippen LogP contribution in [0.3, 0.4) is 0 Å². The summed E-state index contributed by atoms with van der Waals surface area (Å²) in [7, 11) is -1.43. The van der Waals surface area contributed by atoms with Crippen LogP contribution in [0.5, 0.6) is 0 Å². The lowest BCUT2D eigenvalue weighted by molar-refractivity contribution is 0.310. The number of anilines is 1.